The Morgan fingerprint density at radius 1 is 1.24 bits per heavy atom. The van der Waals surface area contributed by atoms with Crippen molar-refractivity contribution in [2.24, 2.45) is 0 Å². The van der Waals surface area contributed by atoms with Gasteiger partial charge in [-0.05, 0) is 42.8 Å². The van der Waals surface area contributed by atoms with Crippen molar-refractivity contribution in [3.05, 3.63) is 40.0 Å². The summed E-state index contributed by atoms with van der Waals surface area (Å²) in [6, 6.07) is 1.83. The summed E-state index contributed by atoms with van der Waals surface area (Å²) in [7, 11) is 1.52. The van der Waals surface area contributed by atoms with E-state index in [1.54, 1.807) is 12.4 Å². The van der Waals surface area contributed by atoms with Crippen LogP contribution in [0.4, 0.5) is 5.82 Å². The molecular weight excluding hydrogens is 336 g/mol. The zero-order valence-corrected chi connectivity index (χ0v) is 13.9. The van der Waals surface area contributed by atoms with Gasteiger partial charge in [0.25, 0.3) is 0 Å². The standard InChI is InChI=1S/C14H17BrN4O2/c1-8-12(7-16-10(3)18-8)9(2)21-13-5-11(15)6-17-14(13)19-20-4/h5-7,9H,1-4H3,(H,17,19). The Labute approximate surface area is 132 Å². The van der Waals surface area contributed by atoms with Gasteiger partial charge in [0.2, 0.25) is 0 Å². The van der Waals surface area contributed by atoms with E-state index in [-0.39, 0.29) is 6.10 Å². The van der Waals surface area contributed by atoms with Crippen LogP contribution < -0.4 is 10.2 Å². The average Bonchev–Trinajstić information content (AvgIpc) is 2.41. The van der Waals surface area contributed by atoms with Crippen molar-refractivity contribution in [1.82, 2.24) is 15.0 Å². The second-order valence-electron chi connectivity index (χ2n) is 4.52. The minimum atomic E-state index is -0.209. The van der Waals surface area contributed by atoms with Gasteiger partial charge in [0.05, 0.1) is 7.11 Å². The van der Waals surface area contributed by atoms with Crippen LogP contribution in [0.3, 0.4) is 0 Å². The predicted molar refractivity (Wildman–Crippen MR) is 83.1 cm³/mol. The van der Waals surface area contributed by atoms with E-state index in [9.17, 15) is 0 Å². The van der Waals surface area contributed by atoms with Crippen LogP contribution >= 0.6 is 15.9 Å². The molecule has 0 aliphatic heterocycles. The molecule has 0 radical (unpaired) electrons. The first-order chi connectivity index (χ1) is 10.0. The van der Waals surface area contributed by atoms with Crippen LogP contribution in [-0.2, 0) is 4.84 Å². The number of aryl methyl sites for hydroxylation is 2. The Kier molecular flexibility index (Phi) is 5.08. The largest absolute Gasteiger partial charge is 0.482 e. The van der Waals surface area contributed by atoms with Gasteiger partial charge in [0, 0.05) is 28.1 Å². The van der Waals surface area contributed by atoms with Gasteiger partial charge in [-0.2, -0.15) is 0 Å². The molecule has 1 N–H and O–H groups in total. The van der Waals surface area contributed by atoms with E-state index < -0.39 is 0 Å². The maximum atomic E-state index is 5.97. The number of ether oxygens (including phenoxy) is 1. The lowest BCUT2D eigenvalue weighted by Gasteiger charge is -2.18. The van der Waals surface area contributed by atoms with Gasteiger partial charge in [-0.3, -0.25) is 4.84 Å². The molecule has 2 aromatic rings. The fourth-order valence-electron chi connectivity index (χ4n) is 1.93. The minimum absolute atomic E-state index is 0.209. The molecule has 0 aromatic carbocycles. The number of halogens is 1. The average molecular weight is 353 g/mol. The molecule has 0 saturated heterocycles. The maximum Gasteiger partial charge on any atom is 0.192 e. The lowest BCUT2D eigenvalue weighted by molar-refractivity contribution is 0.218. The van der Waals surface area contributed by atoms with E-state index in [2.05, 4.69) is 36.4 Å². The van der Waals surface area contributed by atoms with Crippen LogP contribution in [0.2, 0.25) is 0 Å². The number of rotatable bonds is 5. The summed E-state index contributed by atoms with van der Waals surface area (Å²) >= 11 is 3.38. The molecule has 2 rings (SSSR count). The third kappa shape index (κ3) is 3.89. The highest BCUT2D eigenvalue weighted by molar-refractivity contribution is 9.10. The first kappa shape index (κ1) is 15.7. The third-order valence-electron chi connectivity index (χ3n) is 2.90. The van der Waals surface area contributed by atoms with Gasteiger partial charge in [0.1, 0.15) is 11.9 Å². The third-order valence-corrected chi connectivity index (χ3v) is 3.33. The van der Waals surface area contributed by atoms with Gasteiger partial charge >= 0.3 is 0 Å². The van der Waals surface area contributed by atoms with Crippen molar-refractivity contribution in [3.63, 3.8) is 0 Å². The smallest absolute Gasteiger partial charge is 0.192 e. The molecule has 2 heterocycles. The van der Waals surface area contributed by atoms with Gasteiger partial charge in [-0.15, -0.1) is 0 Å². The number of hydrogen-bond donors (Lipinski definition) is 1. The van der Waals surface area contributed by atoms with Crippen molar-refractivity contribution >= 4 is 21.7 Å². The van der Waals surface area contributed by atoms with Crippen LogP contribution in [-0.4, -0.2) is 22.1 Å². The second kappa shape index (κ2) is 6.82. The Bertz CT molecular complexity index is 636. The zero-order chi connectivity index (χ0) is 15.4. The summed E-state index contributed by atoms with van der Waals surface area (Å²) in [5.41, 5.74) is 4.53. The van der Waals surface area contributed by atoms with Crippen LogP contribution in [0.1, 0.15) is 30.1 Å². The van der Waals surface area contributed by atoms with Crippen molar-refractivity contribution in [1.29, 1.82) is 0 Å². The molecule has 0 bridgehead atoms. The Hall–Kier alpha value is -1.73. The van der Waals surface area contributed by atoms with Gasteiger partial charge < -0.3 is 4.74 Å². The molecule has 0 amide bonds. The lowest BCUT2D eigenvalue weighted by atomic mass is 10.1. The molecule has 112 valence electrons. The minimum Gasteiger partial charge on any atom is -0.482 e. The molecule has 6 nitrogen and oxygen atoms in total. The highest BCUT2D eigenvalue weighted by Gasteiger charge is 2.15. The fraction of sp³-hybridized carbons (Fsp3) is 0.357. The quantitative estimate of drug-likeness (QED) is 0.832. The maximum absolute atomic E-state index is 5.97. The first-order valence-electron chi connectivity index (χ1n) is 6.42. The van der Waals surface area contributed by atoms with Crippen LogP contribution in [0, 0.1) is 13.8 Å². The molecule has 2 aromatic heterocycles. The molecule has 0 aliphatic rings. The second-order valence-corrected chi connectivity index (χ2v) is 5.44. The van der Waals surface area contributed by atoms with Gasteiger partial charge in [-0.25, -0.2) is 20.4 Å². The number of hydrogen-bond acceptors (Lipinski definition) is 6. The first-order valence-corrected chi connectivity index (χ1v) is 7.22. The van der Waals surface area contributed by atoms with Crippen LogP contribution in [0.15, 0.2) is 22.9 Å². The lowest BCUT2D eigenvalue weighted by Crippen LogP contribution is -2.10. The van der Waals surface area contributed by atoms with Crippen molar-refractivity contribution < 1.29 is 9.57 Å². The van der Waals surface area contributed by atoms with E-state index in [0.717, 1.165) is 21.6 Å². The summed E-state index contributed by atoms with van der Waals surface area (Å²) in [5.74, 6) is 1.84. The van der Waals surface area contributed by atoms with Gasteiger partial charge in [0.15, 0.2) is 11.6 Å². The monoisotopic (exact) mass is 352 g/mol. The van der Waals surface area contributed by atoms with Crippen molar-refractivity contribution in [3.8, 4) is 5.75 Å². The van der Waals surface area contributed by atoms with Crippen molar-refractivity contribution in [2.75, 3.05) is 12.6 Å². The van der Waals surface area contributed by atoms with E-state index in [1.807, 2.05) is 26.8 Å². The highest BCUT2D eigenvalue weighted by atomic mass is 79.9. The van der Waals surface area contributed by atoms with Crippen LogP contribution in [0.25, 0.3) is 0 Å². The Balaban J connectivity index is 2.26. The molecule has 21 heavy (non-hydrogen) atoms. The van der Waals surface area contributed by atoms with E-state index in [0.29, 0.717) is 11.6 Å². The number of nitrogens with zero attached hydrogens (tertiary/aromatic N) is 3. The zero-order valence-electron chi connectivity index (χ0n) is 12.3. The number of nitrogens with one attached hydrogen (secondary N) is 1. The Morgan fingerprint density at radius 3 is 2.67 bits per heavy atom. The van der Waals surface area contributed by atoms with Crippen LogP contribution in [0.5, 0.6) is 5.75 Å². The van der Waals surface area contributed by atoms with E-state index >= 15 is 0 Å². The summed E-state index contributed by atoms with van der Waals surface area (Å²) < 4.78 is 6.79. The molecular formula is C14H17BrN4O2. The Morgan fingerprint density at radius 2 is 2.00 bits per heavy atom. The van der Waals surface area contributed by atoms with Crippen molar-refractivity contribution in [2.45, 2.75) is 26.9 Å². The number of anilines is 1. The topological polar surface area (TPSA) is 69.2 Å². The molecule has 1 unspecified atom stereocenters. The fourth-order valence-corrected chi connectivity index (χ4v) is 2.24. The van der Waals surface area contributed by atoms with E-state index in [1.165, 1.54) is 7.11 Å². The number of aromatic nitrogens is 3. The summed E-state index contributed by atoms with van der Waals surface area (Å²) in [6.45, 7) is 5.75. The molecule has 0 spiro atoms. The normalized spacial score (nSPS) is 12.0. The molecule has 1 atom stereocenters. The van der Waals surface area contributed by atoms with E-state index in [4.69, 9.17) is 9.57 Å². The summed E-state index contributed by atoms with van der Waals surface area (Å²) in [5, 5.41) is 0. The number of pyridine rings is 1. The summed E-state index contributed by atoms with van der Waals surface area (Å²) in [6.07, 6.45) is 3.25. The molecule has 7 heteroatoms. The molecule has 0 saturated carbocycles. The molecule has 0 fully saturated rings. The predicted octanol–water partition coefficient (Wildman–Crippen LogP) is 3.36. The van der Waals surface area contributed by atoms with Gasteiger partial charge in [-0.1, -0.05) is 0 Å². The SMILES string of the molecule is CONc1ncc(Br)cc1OC(C)c1cnc(C)nc1C. The molecule has 0 aliphatic carbocycles. The highest BCUT2D eigenvalue weighted by Crippen LogP contribution is 2.30. The summed E-state index contributed by atoms with van der Waals surface area (Å²) in [4.78, 5) is 17.7.